The van der Waals surface area contributed by atoms with Crippen molar-refractivity contribution >= 4 is 5.97 Å². The van der Waals surface area contributed by atoms with Gasteiger partial charge in [0.15, 0.2) is 0 Å². The van der Waals surface area contributed by atoms with Gasteiger partial charge in [-0.3, -0.25) is 4.79 Å². The smallest absolute Gasteiger partial charge is 0.305 e. The summed E-state index contributed by atoms with van der Waals surface area (Å²) in [4.78, 5) is 10.7. The van der Waals surface area contributed by atoms with Gasteiger partial charge in [-0.1, -0.05) is 6.92 Å². The number of hydrogen-bond acceptors (Lipinski definition) is 3. The maximum Gasteiger partial charge on any atom is 0.305 e. The second kappa shape index (κ2) is 3.22. The van der Waals surface area contributed by atoms with Crippen LogP contribution in [0.4, 0.5) is 0 Å². The Bertz CT molecular complexity index is 149. The minimum atomic E-state index is -0.127. The van der Waals surface area contributed by atoms with Gasteiger partial charge in [0.1, 0.15) is 0 Å². The van der Waals surface area contributed by atoms with Crippen molar-refractivity contribution in [3.63, 3.8) is 0 Å². The van der Waals surface area contributed by atoms with Crippen LogP contribution in [0, 0.1) is 5.41 Å². The Morgan fingerprint density at radius 3 is 2.64 bits per heavy atom. The van der Waals surface area contributed by atoms with Crippen molar-refractivity contribution in [2.75, 3.05) is 20.3 Å². The highest BCUT2D eigenvalue weighted by atomic mass is 16.5. The van der Waals surface area contributed by atoms with Crippen LogP contribution in [0.3, 0.4) is 0 Å². The molecule has 0 aliphatic carbocycles. The molecule has 3 heteroatoms. The van der Waals surface area contributed by atoms with Gasteiger partial charge in [0, 0.05) is 11.8 Å². The Morgan fingerprint density at radius 2 is 2.27 bits per heavy atom. The summed E-state index contributed by atoms with van der Waals surface area (Å²) in [5.74, 6) is -0.127. The Morgan fingerprint density at radius 1 is 1.64 bits per heavy atom. The van der Waals surface area contributed by atoms with Crippen LogP contribution < -0.4 is 0 Å². The SMILES string of the molecule is COC(=O)CCC1(C)COC1. The van der Waals surface area contributed by atoms with Crippen molar-refractivity contribution < 1.29 is 14.3 Å². The third kappa shape index (κ3) is 2.19. The van der Waals surface area contributed by atoms with E-state index in [1.807, 2.05) is 0 Å². The van der Waals surface area contributed by atoms with E-state index in [9.17, 15) is 4.79 Å². The molecule has 1 rings (SSSR count). The number of carbonyl (C=O) groups excluding carboxylic acids is 1. The van der Waals surface area contributed by atoms with Gasteiger partial charge in [0.25, 0.3) is 0 Å². The Kier molecular flexibility index (Phi) is 2.49. The quantitative estimate of drug-likeness (QED) is 0.574. The van der Waals surface area contributed by atoms with E-state index in [1.165, 1.54) is 7.11 Å². The molecule has 1 aliphatic rings. The average Bonchev–Trinajstić information content (AvgIpc) is 1.96. The Hall–Kier alpha value is -0.570. The summed E-state index contributed by atoms with van der Waals surface area (Å²) >= 11 is 0. The fourth-order valence-corrected chi connectivity index (χ4v) is 1.10. The van der Waals surface area contributed by atoms with Crippen molar-refractivity contribution in [1.82, 2.24) is 0 Å². The summed E-state index contributed by atoms with van der Waals surface area (Å²) in [6, 6.07) is 0. The van der Waals surface area contributed by atoms with Gasteiger partial charge in [-0.15, -0.1) is 0 Å². The van der Waals surface area contributed by atoms with E-state index < -0.39 is 0 Å². The molecule has 0 bridgehead atoms. The molecular formula is C8H14O3. The van der Waals surface area contributed by atoms with Gasteiger partial charge < -0.3 is 9.47 Å². The van der Waals surface area contributed by atoms with E-state index in [-0.39, 0.29) is 11.4 Å². The highest BCUT2D eigenvalue weighted by Gasteiger charge is 2.33. The first-order valence-corrected chi connectivity index (χ1v) is 3.81. The van der Waals surface area contributed by atoms with Crippen LogP contribution in [0.25, 0.3) is 0 Å². The normalized spacial score (nSPS) is 20.5. The maximum absolute atomic E-state index is 10.7. The molecule has 0 N–H and O–H groups in total. The highest BCUT2D eigenvalue weighted by molar-refractivity contribution is 5.69. The van der Waals surface area contributed by atoms with E-state index in [0.717, 1.165) is 19.6 Å². The van der Waals surface area contributed by atoms with E-state index in [0.29, 0.717) is 6.42 Å². The monoisotopic (exact) mass is 158 g/mol. The van der Waals surface area contributed by atoms with Crippen LogP contribution in [0.2, 0.25) is 0 Å². The lowest BCUT2D eigenvalue weighted by Gasteiger charge is -2.37. The number of hydrogen-bond donors (Lipinski definition) is 0. The Labute approximate surface area is 66.7 Å². The predicted molar refractivity (Wildman–Crippen MR) is 40.2 cm³/mol. The number of carbonyl (C=O) groups is 1. The molecule has 0 radical (unpaired) electrons. The summed E-state index contributed by atoms with van der Waals surface area (Å²) < 4.78 is 9.59. The van der Waals surface area contributed by atoms with Crippen LogP contribution in [0.1, 0.15) is 19.8 Å². The fraction of sp³-hybridized carbons (Fsp3) is 0.875. The van der Waals surface area contributed by atoms with Crippen LogP contribution >= 0.6 is 0 Å². The Balaban J connectivity index is 2.16. The molecule has 0 aromatic rings. The second-order valence-electron chi connectivity index (χ2n) is 3.38. The highest BCUT2D eigenvalue weighted by Crippen LogP contribution is 2.31. The van der Waals surface area contributed by atoms with E-state index in [4.69, 9.17) is 4.74 Å². The number of methoxy groups -OCH3 is 1. The zero-order valence-electron chi connectivity index (χ0n) is 7.05. The molecule has 0 atom stereocenters. The summed E-state index contributed by atoms with van der Waals surface area (Å²) in [5, 5.41) is 0. The van der Waals surface area contributed by atoms with Crippen molar-refractivity contribution in [2.45, 2.75) is 19.8 Å². The molecule has 0 amide bonds. The molecule has 1 fully saturated rings. The molecule has 0 aromatic carbocycles. The second-order valence-corrected chi connectivity index (χ2v) is 3.38. The number of ether oxygens (including phenoxy) is 2. The molecule has 64 valence electrons. The van der Waals surface area contributed by atoms with Gasteiger partial charge in [0.05, 0.1) is 20.3 Å². The molecule has 0 spiro atoms. The van der Waals surface area contributed by atoms with Gasteiger partial charge in [-0.25, -0.2) is 0 Å². The lowest BCUT2D eigenvalue weighted by molar-refractivity contribution is -0.145. The van der Waals surface area contributed by atoms with Crippen molar-refractivity contribution in [1.29, 1.82) is 0 Å². The first kappa shape index (κ1) is 8.53. The molecule has 1 heterocycles. The minimum Gasteiger partial charge on any atom is -0.469 e. The number of rotatable bonds is 3. The van der Waals surface area contributed by atoms with Crippen molar-refractivity contribution in [3.8, 4) is 0 Å². The number of esters is 1. The lowest BCUT2D eigenvalue weighted by atomic mass is 9.84. The molecule has 0 aromatic heterocycles. The average molecular weight is 158 g/mol. The molecule has 1 saturated heterocycles. The minimum absolute atomic E-state index is 0.127. The standard InChI is InChI=1S/C8H14O3/c1-8(5-11-6-8)4-3-7(9)10-2/h3-6H2,1-2H3. The van der Waals surface area contributed by atoms with E-state index in [1.54, 1.807) is 0 Å². The van der Waals surface area contributed by atoms with E-state index >= 15 is 0 Å². The summed E-state index contributed by atoms with van der Waals surface area (Å²) in [6.07, 6.45) is 1.38. The lowest BCUT2D eigenvalue weighted by Crippen LogP contribution is -2.39. The zero-order chi connectivity index (χ0) is 8.32. The molecule has 0 saturated carbocycles. The van der Waals surface area contributed by atoms with Crippen LogP contribution in [0.5, 0.6) is 0 Å². The summed E-state index contributed by atoms with van der Waals surface area (Å²) in [7, 11) is 1.42. The topological polar surface area (TPSA) is 35.5 Å². The molecule has 1 aliphatic heterocycles. The van der Waals surface area contributed by atoms with Gasteiger partial charge in [0.2, 0.25) is 0 Å². The first-order valence-electron chi connectivity index (χ1n) is 3.81. The van der Waals surface area contributed by atoms with Crippen molar-refractivity contribution in [2.24, 2.45) is 5.41 Å². The summed E-state index contributed by atoms with van der Waals surface area (Å²) in [5.41, 5.74) is 0.230. The molecular weight excluding hydrogens is 144 g/mol. The van der Waals surface area contributed by atoms with Gasteiger partial charge in [-0.2, -0.15) is 0 Å². The van der Waals surface area contributed by atoms with Crippen LogP contribution in [0.15, 0.2) is 0 Å². The third-order valence-electron chi connectivity index (χ3n) is 2.06. The first-order chi connectivity index (χ1) is 5.16. The zero-order valence-corrected chi connectivity index (χ0v) is 7.05. The van der Waals surface area contributed by atoms with Gasteiger partial charge in [-0.05, 0) is 6.42 Å². The summed E-state index contributed by atoms with van der Waals surface area (Å²) in [6.45, 7) is 3.69. The molecule has 0 unspecified atom stereocenters. The van der Waals surface area contributed by atoms with Crippen LogP contribution in [-0.4, -0.2) is 26.3 Å². The maximum atomic E-state index is 10.7. The predicted octanol–water partition coefficient (Wildman–Crippen LogP) is 0.976. The van der Waals surface area contributed by atoms with E-state index in [2.05, 4.69) is 11.7 Å². The fourth-order valence-electron chi connectivity index (χ4n) is 1.10. The molecule has 3 nitrogen and oxygen atoms in total. The van der Waals surface area contributed by atoms with Gasteiger partial charge >= 0.3 is 5.97 Å². The third-order valence-corrected chi connectivity index (χ3v) is 2.06. The van der Waals surface area contributed by atoms with Crippen molar-refractivity contribution in [3.05, 3.63) is 0 Å². The molecule has 11 heavy (non-hydrogen) atoms. The van der Waals surface area contributed by atoms with Crippen LogP contribution in [-0.2, 0) is 14.3 Å². The largest absolute Gasteiger partial charge is 0.469 e.